The van der Waals surface area contributed by atoms with Gasteiger partial charge in [-0.15, -0.1) is 0 Å². The van der Waals surface area contributed by atoms with Crippen molar-refractivity contribution >= 4 is 28.5 Å². The van der Waals surface area contributed by atoms with E-state index in [9.17, 15) is 9.18 Å². The number of carbonyl (C=O) groups excluding carboxylic acids is 1. The number of hydrogen-bond acceptors (Lipinski definition) is 3. The van der Waals surface area contributed by atoms with E-state index in [-0.39, 0.29) is 23.5 Å². The second kappa shape index (κ2) is 7.94. The molecule has 1 atom stereocenters. The van der Waals surface area contributed by atoms with E-state index in [4.69, 9.17) is 16.0 Å². The van der Waals surface area contributed by atoms with Crippen LogP contribution in [0.2, 0.25) is 5.02 Å². The molecule has 0 bridgehead atoms. The lowest BCUT2D eigenvalue weighted by Crippen LogP contribution is -2.37. The highest BCUT2D eigenvalue weighted by atomic mass is 35.5. The summed E-state index contributed by atoms with van der Waals surface area (Å²) >= 11 is 6.43. The van der Waals surface area contributed by atoms with Crippen LogP contribution in [0.5, 0.6) is 0 Å². The summed E-state index contributed by atoms with van der Waals surface area (Å²) in [7, 11) is 0. The Balaban J connectivity index is 1.56. The third kappa shape index (κ3) is 3.64. The van der Waals surface area contributed by atoms with Gasteiger partial charge in [-0.3, -0.25) is 9.69 Å². The van der Waals surface area contributed by atoms with E-state index in [1.54, 1.807) is 13.0 Å². The zero-order valence-electron chi connectivity index (χ0n) is 15.7. The van der Waals surface area contributed by atoms with Crippen LogP contribution < -0.4 is 5.32 Å². The van der Waals surface area contributed by atoms with Crippen LogP contribution in [0.3, 0.4) is 0 Å². The molecular formula is C22H22ClFN2O2. The first-order valence-corrected chi connectivity index (χ1v) is 9.87. The van der Waals surface area contributed by atoms with Gasteiger partial charge >= 0.3 is 0 Å². The quantitative estimate of drug-likeness (QED) is 0.648. The molecule has 2 heterocycles. The third-order valence-electron chi connectivity index (χ3n) is 5.41. The van der Waals surface area contributed by atoms with Crippen LogP contribution in [0.1, 0.15) is 40.6 Å². The lowest BCUT2D eigenvalue weighted by Gasteiger charge is -2.28. The van der Waals surface area contributed by atoms with Gasteiger partial charge in [0.15, 0.2) is 5.76 Å². The van der Waals surface area contributed by atoms with Gasteiger partial charge in [-0.05, 0) is 62.7 Å². The monoisotopic (exact) mass is 400 g/mol. The number of fused-ring (bicyclic) bond motifs is 1. The first kappa shape index (κ1) is 19.0. The summed E-state index contributed by atoms with van der Waals surface area (Å²) in [5.41, 5.74) is 2.16. The fraction of sp³-hybridized carbons (Fsp3) is 0.318. The maximum absolute atomic E-state index is 13.5. The number of nitrogens with one attached hydrogen (secondary N) is 1. The molecular weight excluding hydrogens is 379 g/mol. The van der Waals surface area contributed by atoms with Crippen molar-refractivity contribution in [2.75, 3.05) is 19.6 Å². The second-order valence-corrected chi connectivity index (χ2v) is 7.59. The molecule has 1 fully saturated rings. The van der Waals surface area contributed by atoms with Crippen LogP contribution in [0, 0.1) is 12.7 Å². The Morgan fingerprint density at radius 2 is 2.00 bits per heavy atom. The second-order valence-electron chi connectivity index (χ2n) is 7.19. The molecule has 0 radical (unpaired) electrons. The number of carbonyl (C=O) groups is 1. The Morgan fingerprint density at radius 3 is 2.75 bits per heavy atom. The predicted octanol–water partition coefficient (Wildman–Crippen LogP) is 5.10. The van der Waals surface area contributed by atoms with Crippen LogP contribution >= 0.6 is 11.6 Å². The molecule has 1 amide bonds. The zero-order chi connectivity index (χ0) is 19.7. The minimum absolute atomic E-state index is 0.00211. The van der Waals surface area contributed by atoms with E-state index in [1.165, 1.54) is 12.1 Å². The Hall–Kier alpha value is -2.37. The number of amides is 1. The summed E-state index contributed by atoms with van der Waals surface area (Å²) in [4.78, 5) is 15.2. The molecule has 1 N–H and O–H groups in total. The maximum Gasteiger partial charge on any atom is 0.287 e. The number of benzene rings is 2. The van der Waals surface area contributed by atoms with Crippen molar-refractivity contribution in [3.63, 3.8) is 0 Å². The van der Waals surface area contributed by atoms with Crippen molar-refractivity contribution in [2.45, 2.75) is 25.8 Å². The number of halogens is 2. The van der Waals surface area contributed by atoms with Crippen LogP contribution in [0.4, 0.5) is 4.39 Å². The average Bonchev–Trinajstić information content (AvgIpc) is 3.32. The number of hydrogen-bond donors (Lipinski definition) is 1. The van der Waals surface area contributed by atoms with Crippen LogP contribution in [-0.2, 0) is 0 Å². The minimum Gasteiger partial charge on any atom is -0.451 e. The molecule has 1 aromatic heterocycles. The molecule has 3 aromatic rings. The lowest BCUT2D eigenvalue weighted by molar-refractivity contribution is 0.0911. The highest BCUT2D eigenvalue weighted by molar-refractivity contribution is 6.31. The molecule has 0 aliphatic carbocycles. The number of rotatable bonds is 5. The molecule has 4 rings (SSSR count). The summed E-state index contributed by atoms with van der Waals surface area (Å²) in [5, 5.41) is 4.31. The summed E-state index contributed by atoms with van der Waals surface area (Å²) < 4.78 is 19.2. The minimum atomic E-state index is -0.351. The molecule has 28 heavy (non-hydrogen) atoms. The first-order valence-electron chi connectivity index (χ1n) is 9.50. The molecule has 4 nitrogen and oxygen atoms in total. The van der Waals surface area contributed by atoms with Crippen molar-refractivity contribution < 1.29 is 13.6 Å². The number of likely N-dealkylation sites (tertiary alicyclic amines) is 1. The van der Waals surface area contributed by atoms with E-state index in [0.29, 0.717) is 28.1 Å². The zero-order valence-corrected chi connectivity index (χ0v) is 16.4. The average molecular weight is 401 g/mol. The van der Waals surface area contributed by atoms with E-state index in [1.807, 2.05) is 24.3 Å². The molecule has 1 aliphatic heterocycles. The van der Waals surface area contributed by atoms with E-state index >= 15 is 0 Å². The van der Waals surface area contributed by atoms with Crippen LogP contribution in [-0.4, -0.2) is 30.4 Å². The fourth-order valence-corrected chi connectivity index (χ4v) is 4.18. The van der Waals surface area contributed by atoms with E-state index < -0.39 is 0 Å². The molecule has 2 aromatic carbocycles. The van der Waals surface area contributed by atoms with Gasteiger partial charge in [0.2, 0.25) is 0 Å². The first-order chi connectivity index (χ1) is 13.5. The van der Waals surface area contributed by atoms with Crippen molar-refractivity contribution in [1.82, 2.24) is 10.2 Å². The van der Waals surface area contributed by atoms with Gasteiger partial charge in [-0.2, -0.15) is 0 Å². The summed E-state index contributed by atoms with van der Waals surface area (Å²) in [6, 6.07) is 12.0. The van der Waals surface area contributed by atoms with Crippen molar-refractivity contribution in [3.8, 4) is 0 Å². The van der Waals surface area contributed by atoms with Crippen molar-refractivity contribution in [2.24, 2.45) is 0 Å². The van der Waals surface area contributed by atoms with Gasteiger partial charge < -0.3 is 9.73 Å². The van der Waals surface area contributed by atoms with E-state index in [2.05, 4.69) is 10.2 Å². The predicted molar refractivity (Wildman–Crippen MR) is 108 cm³/mol. The van der Waals surface area contributed by atoms with Gasteiger partial charge in [0.25, 0.3) is 5.91 Å². The van der Waals surface area contributed by atoms with Gasteiger partial charge in [0.05, 0.1) is 6.04 Å². The smallest absolute Gasteiger partial charge is 0.287 e. The third-order valence-corrected chi connectivity index (χ3v) is 5.75. The SMILES string of the molecule is Cc1c(C(=O)NCC(c2ccccc2Cl)N2CCCC2)oc2ccc(F)cc12. The van der Waals surface area contributed by atoms with Gasteiger partial charge in [0.1, 0.15) is 11.4 Å². The van der Waals surface area contributed by atoms with Crippen LogP contribution in [0.25, 0.3) is 11.0 Å². The molecule has 0 spiro atoms. The lowest BCUT2D eigenvalue weighted by atomic mass is 10.1. The number of aryl methyl sites for hydroxylation is 1. The molecule has 146 valence electrons. The maximum atomic E-state index is 13.5. The number of nitrogens with zero attached hydrogens (tertiary/aromatic N) is 1. The molecule has 1 unspecified atom stereocenters. The highest BCUT2D eigenvalue weighted by Crippen LogP contribution is 2.30. The van der Waals surface area contributed by atoms with Crippen LogP contribution in [0.15, 0.2) is 46.9 Å². The Kier molecular flexibility index (Phi) is 5.38. The Bertz CT molecular complexity index is 1010. The van der Waals surface area contributed by atoms with Gasteiger partial charge in [0, 0.05) is 22.5 Å². The van der Waals surface area contributed by atoms with Crippen molar-refractivity contribution in [1.29, 1.82) is 0 Å². The molecule has 0 saturated carbocycles. The summed E-state index contributed by atoms with van der Waals surface area (Å²) in [6.07, 6.45) is 2.28. The molecule has 1 saturated heterocycles. The summed E-state index contributed by atoms with van der Waals surface area (Å²) in [5.74, 6) is -0.429. The molecule has 6 heteroatoms. The van der Waals surface area contributed by atoms with E-state index in [0.717, 1.165) is 31.5 Å². The standard InChI is InChI=1S/C22H22ClFN2O2/c1-14-17-12-15(24)8-9-20(17)28-21(14)22(27)25-13-19(26-10-4-5-11-26)16-6-2-3-7-18(16)23/h2-3,6-9,12,19H,4-5,10-11,13H2,1H3,(H,25,27). The Labute approximate surface area is 168 Å². The van der Waals surface area contributed by atoms with Crippen molar-refractivity contribution in [3.05, 3.63) is 70.2 Å². The van der Waals surface area contributed by atoms with Gasteiger partial charge in [-0.1, -0.05) is 29.8 Å². The largest absolute Gasteiger partial charge is 0.451 e. The Morgan fingerprint density at radius 1 is 1.25 bits per heavy atom. The normalized spacial score (nSPS) is 15.8. The summed E-state index contributed by atoms with van der Waals surface area (Å²) in [6.45, 7) is 4.16. The number of furan rings is 1. The fourth-order valence-electron chi connectivity index (χ4n) is 3.91. The topological polar surface area (TPSA) is 45.5 Å². The molecule has 1 aliphatic rings. The van der Waals surface area contributed by atoms with Gasteiger partial charge in [-0.25, -0.2) is 4.39 Å². The highest BCUT2D eigenvalue weighted by Gasteiger charge is 2.26.